The summed E-state index contributed by atoms with van der Waals surface area (Å²) in [6, 6.07) is 10.8. The third-order valence-electron chi connectivity index (χ3n) is 4.51. The zero-order valence-corrected chi connectivity index (χ0v) is 15.3. The minimum atomic E-state index is -5.01. The van der Waals surface area contributed by atoms with E-state index in [1.807, 2.05) is 0 Å². The molecular formula is C22H12F9. The molecule has 0 nitrogen and oxygen atoms in total. The van der Waals surface area contributed by atoms with Crippen molar-refractivity contribution in [2.75, 3.05) is 0 Å². The molecule has 31 heavy (non-hydrogen) atoms. The standard InChI is InChI=1S/C22H12F9/c23-20(24,25)16-10-4-1-7-13(16)19(14-8-2-5-11-17(14)21(26,27)28)15-9-3-6-12-18(15)22(29,30)31/h1-12H. The van der Waals surface area contributed by atoms with Crippen LogP contribution in [0.2, 0.25) is 0 Å². The molecule has 0 spiro atoms. The van der Waals surface area contributed by atoms with Crippen molar-refractivity contribution in [1.29, 1.82) is 0 Å². The molecule has 0 aliphatic heterocycles. The van der Waals surface area contributed by atoms with Crippen LogP contribution in [0.15, 0.2) is 72.8 Å². The van der Waals surface area contributed by atoms with Crippen molar-refractivity contribution in [2.45, 2.75) is 18.5 Å². The van der Waals surface area contributed by atoms with Crippen molar-refractivity contribution in [2.24, 2.45) is 0 Å². The summed E-state index contributed by atoms with van der Waals surface area (Å²) in [5.74, 6) is -0.811. The van der Waals surface area contributed by atoms with Crippen LogP contribution in [0.1, 0.15) is 33.4 Å². The minimum Gasteiger partial charge on any atom is -0.166 e. The highest BCUT2D eigenvalue weighted by Crippen LogP contribution is 2.46. The number of rotatable bonds is 3. The molecule has 0 bridgehead atoms. The molecule has 0 heterocycles. The van der Waals surface area contributed by atoms with Crippen LogP contribution in [0.4, 0.5) is 39.5 Å². The fraction of sp³-hybridized carbons (Fsp3) is 0.136. The summed E-state index contributed by atoms with van der Waals surface area (Å²) in [6.07, 6.45) is -15.0. The number of benzene rings is 3. The largest absolute Gasteiger partial charge is 0.416 e. The number of alkyl halides is 9. The van der Waals surface area contributed by atoms with Crippen LogP contribution in [0.25, 0.3) is 0 Å². The van der Waals surface area contributed by atoms with Gasteiger partial charge in [-0.2, -0.15) is 39.5 Å². The Morgan fingerprint density at radius 2 is 0.613 bits per heavy atom. The van der Waals surface area contributed by atoms with Gasteiger partial charge in [0.2, 0.25) is 0 Å². The Bertz CT molecular complexity index is 923. The van der Waals surface area contributed by atoms with Gasteiger partial charge >= 0.3 is 18.5 Å². The normalized spacial score (nSPS) is 13.0. The average Bonchev–Trinajstić information content (AvgIpc) is 2.67. The van der Waals surface area contributed by atoms with Crippen molar-refractivity contribution in [3.05, 3.63) is 112 Å². The fourth-order valence-electron chi connectivity index (χ4n) is 3.28. The van der Waals surface area contributed by atoms with E-state index in [-0.39, 0.29) is 0 Å². The molecule has 0 fully saturated rings. The molecule has 163 valence electrons. The molecule has 0 unspecified atom stereocenters. The van der Waals surface area contributed by atoms with Crippen LogP contribution in [-0.4, -0.2) is 0 Å². The van der Waals surface area contributed by atoms with E-state index in [4.69, 9.17) is 0 Å². The summed E-state index contributed by atoms with van der Waals surface area (Å²) in [4.78, 5) is 0. The Hall–Kier alpha value is -2.97. The van der Waals surface area contributed by atoms with Gasteiger partial charge in [-0.15, -0.1) is 0 Å². The third-order valence-corrected chi connectivity index (χ3v) is 4.51. The third kappa shape index (κ3) is 4.70. The topological polar surface area (TPSA) is 0 Å². The first kappa shape index (κ1) is 22.7. The maximum absolute atomic E-state index is 13.7. The lowest BCUT2D eigenvalue weighted by Gasteiger charge is -2.27. The van der Waals surface area contributed by atoms with Gasteiger partial charge in [0.15, 0.2) is 0 Å². The first-order valence-corrected chi connectivity index (χ1v) is 8.68. The van der Waals surface area contributed by atoms with E-state index in [1.165, 1.54) is 0 Å². The Kier molecular flexibility index (Phi) is 5.82. The van der Waals surface area contributed by atoms with E-state index < -0.39 is 57.8 Å². The first-order valence-electron chi connectivity index (χ1n) is 8.68. The summed E-state index contributed by atoms with van der Waals surface area (Å²) in [7, 11) is 0. The second kappa shape index (κ2) is 7.94. The summed E-state index contributed by atoms with van der Waals surface area (Å²) in [5.41, 5.74) is -6.41. The van der Waals surface area contributed by atoms with Gasteiger partial charge in [0.1, 0.15) is 0 Å². The summed E-state index contributed by atoms with van der Waals surface area (Å²) in [6.45, 7) is 0. The molecule has 0 aliphatic carbocycles. The van der Waals surface area contributed by atoms with Gasteiger partial charge in [0.25, 0.3) is 0 Å². The molecule has 0 saturated carbocycles. The predicted molar refractivity (Wildman–Crippen MR) is 94.9 cm³/mol. The van der Waals surface area contributed by atoms with Crippen LogP contribution in [0.5, 0.6) is 0 Å². The Morgan fingerprint density at radius 3 is 0.839 bits per heavy atom. The van der Waals surface area contributed by atoms with Gasteiger partial charge in [-0.05, 0) is 34.9 Å². The van der Waals surface area contributed by atoms with Crippen LogP contribution < -0.4 is 0 Å². The molecular weight excluding hydrogens is 435 g/mol. The van der Waals surface area contributed by atoms with E-state index in [9.17, 15) is 39.5 Å². The van der Waals surface area contributed by atoms with Crippen molar-refractivity contribution >= 4 is 0 Å². The zero-order valence-electron chi connectivity index (χ0n) is 15.3. The first-order chi connectivity index (χ1) is 14.3. The molecule has 0 aromatic heterocycles. The second-order valence-electron chi connectivity index (χ2n) is 6.51. The van der Waals surface area contributed by atoms with Crippen molar-refractivity contribution < 1.29 is 39.5 Å². The molecule has 0 aliphatic rings. The molecule has 3 aromatic rings. The molecule has 3 rings (SSSR count). The minimum absolute atomic E-state index is 0.613. The van der Waals surface area contributed by atoms with E-state index in [0.29, 0.717) is 18.2 Å². The monoisotopic (exact) mass is 447 g/mol. The highest BCUT2D eigenvalue weighted by atomic mass is 19.4. The molecule has 0 amide bonds. The molecule has 0 N–H and O–H groups in total. The Labute approximate surface area is 170 Å². The fourth-order valence-corrected chi connectivity index (χ4v) is 3.28. The van der Waals surface area contributed by atoms with Gasteiger partial charge in [-0.3, -0.25) is 0 Å². The highest BCUT2D eigenvalue weighted by Gasteiger charge is 2.43. The lowest BCUT2D eigenvalue weighted by Crippen LogP contribution is -2.21. The van der Waals surface area contributed by atoms with Gasteiger partial charge < -0.3 is 0 Å². The number of hydrogen-bond donors (Lipinski definition) is 0. The summed E-state index contributed by atoms with van der Waals surface area (Å²) >= 11 is 0. The van der Waals surface area contributed by atoms with Gasteiger partial charge in [0, 0.05) is 0 Å². The maximum atomic E-state index is 13.7. The zero-order chi connectivity index (χ0) is 23.0. The average molecular weight is 447 g/mol. The number of halogens is 9. The summed E-state index contributed by atoms with van der Waals surface area (Å²) < 4.78 is 123. The predicted octanol–water partition coefficient (Wildman–Crippen LogP) is 7.76. The molecule has 3 aromatic carbocycles. The second-order valence-corrected chi connectivity index (χ2v) is 6.51. The van der Waals surface area contributed by atoms with Gasteiger partial charge in [-0.1, -0.05) is 54.6 Å². The Balaban J connectivity index is 2.44. The number of hydrogen-bond acceptors (Lipinski definition) is 0. The van der Waals surface area contributed by atoms with Crippen LogP contribution in [0.3, 0.4) is 0 Å². The van der Waals surface area contributed by atoms with Crippen molar-refractivity contribution in [3.63, 3.8) is 0 Å². The lowest BCUT2D eigenvalue weighted by molar-refractivity contribution is -0.138. The molecule has 0 atom stereocenters. The molecule has 1 radical (unpaired) electrons. The van der Waals surface area contributed by atoms with Gasteiger partial charge in [-0.25, -0.2) is 0 Å². The maximum Gasteiger partial charge on any atom is 0.416 e. The highest BCUT2D eigenvalue weighted by molar-refractivity contribution is 5.64. The smallest absolute Gasteiger partial charge is 0.166 e. The van der Waals surface area contributed by atoms with Crippen molar-refractivity contribution in [1.82, 2.24) is 0 Å². The molecule has 9 heteroatoms. The van der Waals surface area contributed by atoms with E-state index >= 15 is 0 Å². The van der Waals surface area contributed by atoms with Crippen molar-refractivity contribution in [3.8, 4) is 0 Å². The van der Waals surface area contributed by atoms with E-state index in [0.717, 1.165) is 54.6 Å². The van der Waals surface area contributed by atoms with Crippen LogP contribution in [0, 0.1) is 5.92 Å². The summed E-state index contributed by atoms with van der Waals surface area (Å²) in [5, 5.41) is 0. The van der Waals surface area contributed by atoms with Crippen LogP contribution >= 0.6 is 0 Å². The van der Waals surface area contributed by atoms with E-state index in [2.05, 4.69) is 0 Å². The SMILES string of the molecule is FC(F)(F)c1ccccc1[C](c1ccccc1C(F)(F)F)c1ccccc1C(F)(F)F. The Morgan fingerprint density at radius 1 is 0.387 bits per heavy atom. The van der Waals surface area contributed by atoms with Crippen LogP contribution in [-0.2, 0) is 18.5 Å². The molecule has 0 saturated heterocycles. The van der Waals surface area contributed by atoms with E-state index in [1.54, 1.807) is 0 Å². The lowest BCUT2D eigenvalue weighted by atomic mass is 9.78. The quantitative estimate of drug-likeness (QED) is 0.284. The van der Waals surface area contributed by atoms with Gasteiger partial charge in [0.05, 0.1) is 22.6 Å².